The van der Waals surface area contributed by atoms with E-state index in [1.807, 2.05) is 44.2 Å². The number of carbonyl (C=O) groups is 1. The normalized spacial score (nSPS) is 13.2. The van der Waals surface area contributed by atoms with Gasteiger partial charge in [-0.3, -0.25) is 14.9 Å². The molecule has 0 saturated heterocycles. The van der Waals surface area contributed by atoms with Crippen molar-refractivity contribution in [1.29, 1.82) is 0 Å². The summed E-state index contributed by atoms with van der Waals surface area (Å²) in [4.78, 5) is 22.6. The van der Waals surface area contributed by atoms with Crippen molar-refractivity contribution in [3.8, 4) is 0 Å². The Labute approximate surface area is 129 Å². The van der Waals surface area contributed by atoms with Crippen LogP contribution in [0.15, 0.2) is 54.6 Å². The molecule has 0 aromatic heterocycles. The van der Waals surface area contributed by atoms with Crippen LogP contribution in [0.1, 0.15) is 36.2 Å². The smallest absolute Gasteiger partial charge is 0.269 e. The summed E-state index contributed by atoms with van der Waals surface area (Å²) in [6.07, 6.45) is 0.732. The third kappa shape index (κ3) is 3.31. The van der Waals surface area contributed by atoms with Gasteiger partial charge < -0.3 is 5.32 Å². The fraction of sp³-hybridized carbons (Fsp3) is 0.235. The highest BCUT2D eigenvalue weighted by atomic mass is 16.6. The van der Waals surface area contributed by atoms with Gasteiger partial charge in [-0.2, -0.15) is 0 Å². The number of non-ortho nitro benzene ring substituents is 1. The van der Waals surface area contributed by atoms with Gasteiger partial charge in [0, 0.05) is 17.7 Å². The van der Waals surface area contributed by atoms with Gasteiger partial charge in [0.1, 0.15) is 0 Å². The molecule has 0 heterocycles. The quantitative estimate of drug-likeness (QED) is 0.676. The van der Waals surface area contributed by atoms with E-state index < -0.39 is 10.5 Å². The van der Waals surface area contributed by atoms with Crippen LogP contribution in [0.2, 0.25) is 0 Å². The van der Waals surface area contributed by atoms with E-state index in [0.717, 1.165) is 12.0 Å². The van der Waals surface area contributed by atoms with E-state index in [1.54, 1.807) is 0 Å². The number of hydrogen-bond donors (Lipinski definition) is 1. The summed E-state index contributed by atoms with van der Waals surface area (Å²) < 4.78 is 0. The third-order valence-electron chi connectivity index (χ3n) is 3.85. The zero-order chi connectivity index (χ0) is 16.2. The molecule has 0 radical (unpaired) electrons. The highest BCUT2D eigenvalue weighted by Gasteiger charge is 2.26. The average Bonchev–Trinajstić information content (AvgIpc) is 2.55. The van der Waals surface area contributed by atoms with Crippen LogP contribution in [0.3, 0.4) is 0 Å². The number of benzene rings is 2. The van der Waals surface area contributed by atoms with Crippen molar-refractivity contribution >= 4 is 11.6 Å². The molecule has 0 unspecified atom stereocenters. The van der Waals surface area contributed by atoms with E-state index in [0.29, 0.717) is 5.56 Å². The molecule has 1 atom stereocenters. The zero-order valence-corrected chi connectivity index (χ0v) is 12.6. The Hall–Kier alpha value is -2.69. The second kappa shape index (κ2) is 6.39. The van der Waals surface area contributed by atoms with Crippen LogP contribution in [-0.2, 0) is 5.54 Å². The van der Waals surface area contributed by atoms with Crippen molar-refractivity contribution in [3.63, 3.8) is 0 Å². The Balaban J connectivity index is 2.21. The van der Waals surface area contributed by atoms with E-state index >= 15 is 0 Å². The summed E-state index contributed by atoms with van der Waals surface area (Å²) in [6.45, 7) is 3.97. The van der Waals surface area contributed by atoms with Gasteiger partial charge in [-0.15, -0.1) is 0 Å². The molecule has 2 aromatic carbocycles. The highest BCUT2D eigenvalue weighted by Crippen LogP contribution is 2.25. The molecule has 1 amide bonds. The Morgan fingerprint density at radius 2 is 1.73 bits per heavy atom. The first-order valence-electron chi connectivity index (χ1n) is 7.09. The van der Waals surface area contributed by atoms with Crippen LogP contribution in [0, 0.1) is 10.1 Å². The minimum absolute atomic E-state index is 0.0298. The second-order valence-corrected chi connectivity index (χ2v) is 5.31. The predicted octanol–water partition coefficient (Wildman–Crippen LogP) is 3.65. The van der Waals surface area contributed by atoms with Gasteiger partial charge in [-0.1, -0.05) is 37.3 Å². The monoisotopic (exact) mass is 298 g/mol. The largest absolute Gasteiger partial charge is 0.343 e. The lowest BCUT2D eigenvalue weighted by Gasteiger charge is -2.30. The van der Waals surface area contributed by atoms with Crippen molar-refractivity contribution in [3.05, 3.63) is 75.8 Å². The van der Waals surface area contributed by atoms with Gasteiger partial charge in [-0.25, -0.2) is 0 Å². The number of rotatable bonds is 5. The fourth-order valence-corrected chi connectivity index (χ4v) is 2.23. The van der Waals surface area contributed by atoms with Gasteiger partial charge in [0.15, 0.2) is 0 Å². The SMILES string of the molecule is CC[C@@](C)(NC(=O)c1ccc([N+](=O)[O-])cc1)c1ccccc1. The van der Waals surface area contributed by atoms with E-state index in [9.17, 15) is 14.9 Å². The summed E-state index contributed by atoms with van der Waals surface area (Å²) in [5, 5.41) is 13.7. The minimum Gasteiger partial charge on any atom is -0.343 e. The van der Waals surface area contributed by atoms with Gasteiger partial charge in [0.25, 0.3) is 11.6 Å². The fourth-order valence-electron chi connectivity index (χ4n) is 2.23. The molecular formula is C17H18N2O3. The lowest BCUT2D eigenvalue weighted by atomic mass is 9.89. The van der Waals surface area contributed by atoms with Gasteiger partial charge in [0.05, 0.1) is 10.5 Å². The Morgan fingerprint density at radius 3 is 2.23 bits per heavy atom. The molecule has 22 heavy (non-hydrogen) atoms. The first-order valence-corrected chi connectivity index (χ1v) is 7.09. The zero-order valence-electron chi connectivity index (χ0n) is 12.6. The first-order chi connectivity index (χ1) is 10.5. The molecule has 0 aliphatic rings. The minimum atomic E-state index is -0.486. The van der Waals surface area contributed by atoms with Crippen molar-refractivity contribution < 1.29 is 9.72 Å². The lowest BCUT2D eigenvalue weighted by molar-refractivity contribution is -0.384. The maximum Gasteiger partial charge on any atom is 0.269 e. The van der Waals surface area contributed by atoms with Gasteiger partial charge in [0.2, 0.25) is 0 Å². The third-order valence-corrected chi connectivity index (χ3v) is 3.85. The van der Waals surface area contributed by atoms with E-state index in [2.05, 4.69) is 5.32 Å². The molecular weight excluding hydrogens is 280 g/mol. The predicted molar refractivity (Wildman–Crippen MR) is 84.6 cm³/mol. The van der Waals surface area contributed by atoms with Crippen LogP contribution >= 0.6 is 0 Å². The molecule has 0 aliphatic carbocycles. The summed E-state index contributed by atoms with van der Waals surface area (Å²) in [6, 6.07) is 15.3. The van der Waals surface area contributed by atoms with Crippen molar-refractivity contribution in [2.45, 2.75) is 25.8 Å². The maximum atomic E-state index is 12.4. The van der Waals surface area contributed by atoms with E-state index in [4.69, 9.17) is 0 Å². The number of amides is 1. The number of nitro benzene ring substituents is 1. The Bertz CT molecular complexity index is 668. The molecule has 0 spiro atoms. The molecule has 0 bridgehead atoms. The Morgan fingerprint density at radius 1 is 1.14 bits per heavy atom. The van der Waals surface area contributed by atoms with E-state index in [-0.39, 0.29) is 11.6 Å². The second-order valence-electron chi connectivity index (χ2n) is 5.31. The molecule has 0 fully saturated rings. The lowest BCUT2D eigenvalue weighted by Crippen LogP contribution is -2.43. The first kappa shape index (κ1) is 15.7. The number of hydrogen-bond acceptors (Lipinski definition) is 3. The number of nitro groups is 1. The van der Waals surface area contributed by atoms with Crippen molar-refractivity contribution in [2.24, 2.45) is 0 Å². The molecule has 1 N–H and O–H groups in total. The van der Waals surface area contributed by atoms with Crippen LogP contribution in [-0.4, -0.2) is 10.8 Å². The number of carbonyl (C=O) groups excluding carboxylic acids is 1. The molecule has 0 saturated carbocycles. The summed E-state index contributed by atoms with van der Waals surface area (Å²) in [7, 11) is 0. The van der Waals surface area contributed by atoms with Crippen LogP contribution in [0.5, 0.6) is 0 Å². The number of nitrogens with one attached hydrogen (secondary N) is 1. The summed E-state index contributed by atoms with van der Waals surface area (Å²) in [5.74, 6) is -0.247. The van der Waals surface area contributed by atoms with Crippen molar-refractivity contribution in [1.82, 2.24) is 5.32 Å². The standard InChI is InChI=1S/C17H18N2O3/c1-3-17(2,14-7-5-4-6-8-14)18-16(20)13-9-11-15(12-10-13)19(21)22/h4-12H,3H2,1-2H3,(H,18,20)/t17-/m1/s1. The molecule has 0 aliphatic heterocycles. The van der Waals surface area contributed by atoms with Crippen LogP contribution in [0.4, 0.5) is 5.69 Å². The molecule has 2 aromatic rings. The van der Waals surface area contributed by atoms with Crippen LogP contribution in [0.25, 0.3) is 0 Å². The average molecular weight is 298 g/mol. The van der Waals surface area contributed by atoms with Gasteiger partial charge >= 0.3 is 0 Å². The molecule has 5 heteroatoms. The topological polar surface area (TPSA) is 72.2 Å². The highest BCUT2D eigenvalue weighted by molar-refractivity contribution is 5.95. The van der Waals surface area contributed by atoms with Crippen molar-refractivity contribution in [2.75, 3.05) is 0 Å². The number of nitrogens with zero attached hydrogens (tertiary/aromatic N) is 1. The van der Waals surface area contributed by atoms with Gasteiger partial charge in [-0.05, 0) is 31.0 Å². The Kier molecular flexibility index (Phi) is 4.56. The molecule has 2 rings (SSSR count). The van der Waals surface area contributed by atoms with Crippen LogP contribution < -0.4 is 5.32 Å². The van der Waals surface area contributed by atoms with E-state index in [1.165, 1.54) is 24.3 Å². The maximum absolute atomic E-state index is 12.4. The summed E-state index contributed by atoms with van der Waals surface area (Å²) >= 11 is 0. The summed E-state index contributed by atoms with van der Waals surface area (Å²) in [5.41, 5.74) is 0.909. The molecule has 114 valence electrons. The molecule has 5 nitrogen and oxygen atoms in total.